The maximum absolute atomic E-state index is 6.25. The highest BCUT2D eigenvalue weighted by Crippen LogP contribution is 2.27. The van der Waals surface area contributed by atoms with Crippen molar-refractivity contribution in [3.63, 3.8) is 0 Å². The third-order valence-corrected chi connectivity index (χ3v) is 3.92. The van der Waals surface area contributed by atoms with Gasteiger partial charge in [0.05, 0.1) is 0 Å². The molecule has 0 aromatic heterocycles. The second kappa shape index (κ2) is 6.15. The van der Waals surface area contributed by atoms with Gasteiger partial charge in [0, 0.05) is 21.1 Å². The van der Waals surface area contributed by atoms with Crippen molar-refractivity contribution in [2.45, 2.75) is 19.4 Å². The quantitative estimate of drug-likeness (QED) is 0.828. The Balaban J connectivity index is 2.25. The van der Waals surface area contributed by atoms with Crippen LogP contribution in [0.3, 0.4) is 0 Å². The average Bonchev–Trinajstić information content (AvgIpc) is 2.35. The fourth-order valence-electron chi connectivity index (χ4n) is 2.04. The number of rotatable bonds is 3. The van der Waals surface area contributed by atoms with Crippen LogP contribution in [0.4, 0.5) is 0 Å². The Morgan fingerprint density at radius 1 is 1.00 bits per heavy atom. The van der Waals surface area contributed by atoms with Gasteiger partial charge in [-0.3, -0.25) is 0 Å². The Labute approximate surface area is 128 Å². The lowest BCUT2D eigenvalue weighted by Crippen LogP contribution is -2.15. The molecule has 0 aliphatic rings. The van der Waals surface area contributed by atoms with Crippen molar-refractivity contribution in [1.82, 2.24) is 0 Å². The van der Waals surface area contributed by atoms with Crippen LogP contribution in [-0.4, -0.2) is 0 Å². The van der Waals surface area contributed by atoms with Crippen LogP contribution in [0.2, 0.25) is 15.1 Å². The molecule has 0 saturated heterocycles. The lowest BCUT2D eigenvalue weighted by Gasteiger charge is -2.16. The number of nitrogens with two attached hydrogens (primary N) is 1. The molecule has 0 aliphatic carbocycles. The summed E-state index contributed by atoms with van der Waals surface area (Å²) in [4.78, 5) is 0. The van der Waals surface area contributed by atoms with E-state index in [1.165, 1.54) is 0 Å². The molecule has 0 radical (unpaired) electrons. The zero-order chi connectivity index (χ0) is 14.0. The largest absolute Gasteiger partial charge is 0.324 e. The van der Waals surface area contributed by atoms with Crippen LogP contribution in [0.25, 0.3) is 0 Å². The van der Waals surface area contributed by atoms with E-state index in [9.17, 15) is 0 Å². The second-order valence-electron chi connectivity index (χ2n) is 4.55. The normalized spacial score (nSPS) is 12.5. The Morgan fingerprint density at radius 3 is 2.32 bits per heavy atom. The molecule has 0 spiro atoms. The zero-order valence-electron chi connectivity index (χ0n) is 10.5. The summed E-state index contributed by atoms with van der Waals surface area (Å²) in [6.07, 6.45) is 0.650. The molecular weight excluding hydrogens is 301 g/mol. The van der Waals surface area contributed by atoms with Gasteiger partial charge in [-0.25, -0.2) is 0 Å². The van der Waals surface area contributed by atoms with Gasteiger partial charge >= 0.3 is 0 Å². The number of aryl methyl sites for hydroxylation is 1. The van der Waals surface area contributed by atoms with Gasteiger partial charge in [0.25, 0.3) is 0 Å². The Kier molecular flexibility index (Phi) is 4.75. The van der Waals surface area contributed by atoms with Crippen molar-refractivity contribution in [2.75, 3.05) is 0 Å². The van der Waals surface area contributed by atoms with Crippen LogP contribution in [0.1, 0.15) is 22.7 Å². The van der Waals surface area contributed by atoms with Crippen LogP contribution in [0.5, 0.6) is 0 Å². The van der Waals surface area contributed by atoms with Crippen LogP contribution in [0.15, 0.2) is 36.4 Å². The van der Waals surface area contributed by atoms with Gasteiger partial charge in [-0.05, 0) is 54.3 Å². The van der Waals surface area contributed by atoms with Crippen LogP contribution >= 0.6 is 34.8 Å². The molecular formula is C15H14Cl3N. The summed E-state index contributed by atoms with van der Waals surface area (Å²) in [5.41, 5.74) is 9.40. The first-order valence-electron chi connectivity index (χ1n) is 5.93. The summed E-state index contributed by atoms with van der Waals surface area (Å²) < 4.78 is 0. The van der Waals surface area contributed by atoms with E-state index in [1.54, 1.807) is 6.07 Å². The molecule has 2 aromatic rings. The van der Waals surface area contributed by atoms with Crippen LogP contribution in [-0.2, 0) is 6.42 Å². The van der Waals surface area contributed by atoms with Gasteiger partial charge < -0.3 is 5.73 Å². The monoisotopic (exact) mass is 313 g/mol. The first-order valence-corrected chi connectivity index (χ1v) is 7.06. The molecule has 2 aromatic carbocycles. The minimum atomic E-state index is -0.141. The van der Waals surface area contributed by atoms with Crippen molar-refractivity contribution < 1.29 is 0 Å². The minimum absolute atomic E-state index is 0.141. The SMILES string of the molecule is Cc1ccc(Cl)cc1C(N)Cc1ccc(Cl)cc1Cl. The van der Waals surface area contributed by atoms with E-state index < -0.39 is 0 Å². The van der Waals surface area contributed by atoms with Crippen molar-refractivity contribution in [2.24, 2.45) is 5.73 Å². The van der Waals surface area contributed by atoms with Gasteiger partial charge in [-0.15, -0.1) is 0 Å². The van der Waals surface area contributed by atoms with E-state index in [-0.39, 0.29) is 6.04 Å². The fraction of sp³-hybridized carbons (Fsp3) is 0.200. The standard InChI is InChI=1S/C15H14Cl3N/c1-9-2-4-11(16)7-13(9)15(19)6-10-3-5-12(17)8-14(10)18/h2-5,7-8,15H,6,19H2,1H3. The molecule has 0 heterocycles. The van der Waals surface area contributed by atoms with E-state index in [4.69, 9.17) is 40.5 Å². The van der Waals surface area contributed by atoms with Gasteiger partial charge in [0.15, 0.2) is 0 Å². The lowest BCUT2D eigenvalue weighted by molar-refractivity contribution is 0.717. The summed E-state index contributed by atoms with van der Waals surface area (Å²) >= 11 is 18.1. The number of hydrogen-bond acceptors (Lipinski definition) is 1. The molecule has 1 unspecified atom stereocenters. The van der Waals surface area contributed by atoms with Gasteiger partial charge in [-0.1, -0.05) is 46.9 Å². The Morgan fingerprint density at radius 2 is 1.63 bits per heavy atom. The second-order valence-corrected chi connectivity index (χ2v) is 5.83. The molecule has 1 atom stereocenters. The van der Waals surface area contributed by atoms with E-state index in [0.717, 1.165) is 16.7 Å². The van der Waals surface area contributed by atoms with E-state index >= 15 is 0 Å². The van der Waals surface area contributed by atoms with Gasteiger partial charge in [0.2, 0.25) is 0 Å². The highest BCUT2D eigenvalue weighted by Gasteiger charge is 2.12. The topological polar surface area (TPSA) is 26.0 Å². The Hall–Kier alpha value is -0.730. The molecule has 4 heteroatoms. The predicted octanol–water partition coefficient (Wildman–Crippen LogP) is 5.20. The highest BCUT2D eigenvalue weighted by molar-refractivity contribution is 6.35. The molecule has 0 saturated carbocycles. The van der Waals surface area contributed by atoms with Gasteiger partial charge in [0.1, 0.15) is 0 Å². The summed E-state index contributed by atoms with van der Waals surface area (Å²) in [5.74, 6) is 0. The fourth-order valence-corrected chi connectivity index (χ4v) is 2.71. The smallest absolute Gasteiger partial charge is 0.0453 e. The third-order valence-electron chi connectivity index (χ3n) is 3.10. The molecule has 2 N–H and O–H groups in total. The predicted molar refractivity (Wildman–Crippen MR) is 83.3 cm³/mol. The highest BCUT2D eigenvalue weighted by atomic mass is 35.5. The molecule has 100 valence electrons. The summed E-state index contributed by atoms with van der Waals surface area (Å²) in [5, 5.41) is 1.96. The summed E-state index contributed by atoms with van der Waals surface area (Å²) in [6.45, 7) is 2.02. The van der Waals surface area contributed by atoms with E-state index in [1.807, 2.05) is 37.3 Å². The lowest BCUT2D eigenvalue weighted by atomic mass is 9.96. The van der Waals surface area contributed by atoms with Crippen LogP contribution in [0, 0.1) is 6.92 Å². The maximum atomic E-state index is 6.25. The Bertz CT molecular complexity index is 596. The van der Waals surface area contributed by atoms with Crippen LogP contribution < -0.4 is 5.73 Å². The molecule has 2 rings (SSSR count). The molecule has 0 fully saturated rings. The molecule has 19 heavy (non-hydrogen) atoms. The number of halogens is 3. The molecule has 0 aliphatic heterocycles. The molecule has 0 amide bonds. The first-order chi connectivity index (χ1) is 8.97. The van der Waals surface area contributed by atoms with Crippen molar-refractivity contribution >= 4 is 34.8 Å². The number of benzene rings is 2. The van der Waals surface area contributed by atoms with Crippen molar-refractivity contribution in [3.8, 4) is 0 Å². The zero-order valence-corrected chi connectivity index (χ0v) is 12.7. The number of hydrogen-bond donors (Lipinski definition) is 1. The maximum Gasteiger partial charge on any atom is 0.0453 e. The summed E-state index contributed by atoms with van der Waals surface area (Å²) in [7, 11) is 0. The summed E-state index contributed by atoms with van der Waals surface area (Å²) in [6, 6.07) is 11.1. The minimum Gasteiger partial charge on any atom is -0.324 e. The average molecular weight is 315 g/mol. The van der Waals surface area contributed by atoms with Gasteiger partial charge in [-0.2, -0.15) is 0 Å². The third kappa shape index (κ3) is 3.64. The van der Waals surface area contributed by atoms with Crippen molar-refractivity contribution in [3.05, 3.63) is 68.2 Å². The van der Waals surface area contributed by atoms with E-state index in [2.05, 4.69) is 0 Å². The first kappa shape index (κ1) is 14.7. The molecule has 1 nitrogen and oxygen atoms in total. The van der Waals surface area contributed by atoms with E-state index in [0.29, 0.717) is 21.5 Å². The molecule has 0 bridgehead atoms. The van der Waals surface area contributed by atoms with Crippen molar-refractivity contribution in [1.29, 1.82) is 0 Å².